The molecule has 0 aliphatic carbocycles. The van der Waals surface area contributed by atoms with Crippen LogP contribution < -0.4 is 0 Å². The Kier molecular flexibility index (Phi) is 2.53. The normalized spacial score (nSPS) is 10.4. The molecule has 3 nitrogen and oxygen atoms in total. The van der Waals surface area contributed by atoms with Gasteiger partial charge in [-0.05, 0) is 6.07 Å². The lowest BCUT2D eigenvalue weighted by Crippen LogP contribution is -2.15. The molecule has 0 spiro atoms. The van der Waals surface area contributed by atoms with Crippen molar-refractivity contribution in [2.75, 3.05) is 0 Å². The summed E-state index contributed by atoms with van der Waals surface area (Å²) in [6.45, 7) is 5.96. The van der Waals surface area contributed by atoms with Gasteiger partial charge in [-0.2, -0.15) is 10.5 Å². The summed E-state index contributed by atoms with van der Waals surface area (Å²) in [6, 6.07) is 5.61. The van der Waals surface area contributed by atoms with Crippen LogP contribution in [0.25, 0.3) is 0 Å². The highest BCUT2D eigenvalue weighted by Gasteiger charge is 2.19. The summed E-state index contributed by atoms with van der Waals surface area (Å²) >= 11 is 0. The molecule has 0 atom stereocenters. The zero-order chi connectivity index (χ0) is 10.8. The maximum atomic E-state index is 8.90. The van der Waals surface area contributed by atoms with E-state index in [0.29, 0.717) is 11.1 Å². The molecule has 0 aliphatic heterocycles. The van der Waals surface area contributed by atoms with Gasteiger partial charge in [-0.3, -0.25) is 4.98 Å². The molecule has 0 saturated heterocycles. The van der Waals surface area contributed by atoms with Gasteiger partial charge in [-0.15, -0.1) is 0 Å². The molecule has 1 aromatic rings. The minimum atomic E-state index is -0.168. The van der Waals surface area contributed by atoms with E-state index in [9.17, 15) is 0 Å². The van der Waals surface area contributed by atoms with E-state index < -0.39 is 0 Å². The van der Waals surface area contributed by atoms with Crippen LogP contribution in [0.2, 0.25) is 0 Å². The number of aromatic nitrogens is 1. The first-order chi connectivity index (χ1) is 6.49. The average Bonchev–Trinajstić information content (AvgIpc) is 2.15. The molecule has 0 radical (unpaired) electrons. The van der Waals surface area contributed by atoms with Crippen LogP contribution >= 0.6 is 0 Å². The van der Waals surface area contributed by atoms with Crippen molar-refractivity contribution in [2.45, 2.75) is 26.2 Å². The highest BCUT2D eigenvalue weighted by atomic mass is 14.7. The second-order valence-electron chi connectivity index (χ2n) is 4.09. The van der Waals surface area contributed by atoms with E-state index in [1.165, 1.54) is 6.20 Å². The molecule has 0 aromatic carbocycles. The SMILES string of the molecule is CC(C)(C)c1ncc(C#N)cc1C#N. The molecule has 70 valence electrons. The van der Waals surface area contributed by atoms with Crippen molar-refractivity contribution in [2.24, 2.45) is 0 Å². The monoisotopic (exact) mass is 185 g/mol. The van der Waals surface area contributed by atoms with Gasteiger partial charge in [0.25, 0.3) is 0 Å². The minimum absolute atomic E-state index is 0.168. The molecule has 3 heteroatoms. The summed E-state index contributed by atoms with van der Waals surface area (Å²) in [5.41, 5.74) is 1.48. The third-order valence-electron chi connectivity index (χ3n) is 1.85. The summed E-state index contributed by atoms with van der Waals surface area (Å²) < 4.78 is 0. The molecular formula is C11H11N3. The number of hydrogen-bond acceptors (Lipinski definition) is 3. The van der Waals surface area contributed by atoms with Gasteiger partial charge in [0, 0.05) is 11.6 Å². The summed E-state index contributed by atoms with van der Waals surface area (Å²) in [4.78, 5) is 4.15. The maximum absolute atomic E-state index is 8.90. The second-order valence-corrected chi connectivity index (χ2v) is 4.09. The van der Waals surface area contributed by atoms with Crippen molar-refractivity contribution in [1.29, 1.82) is 10.5 Å². The zero-order valence-corrected chi connectivity index (χ0v) is 8.50. The first kappa shape index (κ1) is 10.2. The van der Waals surface area contributed by atoms with Crippen LogP contribution in [0.3, 0.4) is 0 Å². The van der Waals surface area contributed by atoms with Crippen molar-refractivity contribution in [3.05, 3.63) is 29.1 Å². The van der Waals surface area contributed by atoms with Crippen molar-refractivity contribution < 1.29 is 0 Å². The average molecular weight is 185 g/mol. The van der Waals surface area contributed by atoms with E-state index in [1.807, 2.05) is 26.8 Å². The lowest BCUT2D eigenvalue weighted by atomic mass is 9.88. The van der Waals surface area contributed by atoms with E-state index in [-0.39, 0.29) is 5.41 Å². The second kappa shape index (κ2) is 3.47. The zero-order valence-electron chi connectivity index (χ0n) is 8.50. The Morgan fingerprint density at radius 2 is 1.86 bits per heavy atom. The molecule has 0 unspecified atom stereocenters. The maximum Gasteiger partial charge on any atom is 0.101 e. The number of nitrogens with zero attached hydrogens (tertiary/aromatic N) is 3. The Morgan fingerprint density at radius 1 is 1.21 bits per heavy atom. The van der Waals surface area contributed by atoms with E-state index >= 15 is 0 Å². The number of pyridine rings is 1. The van der Waals surface area contributed by atoms with Gasteiger partial charge in [0.1, 0.15) is 12.1 Å². The molecule has 0 N–H and O–H groups in total. The molecule has 1 aromatic heterocycles. The third-order valence-corrected chi connectivity index (χ3v) is 1.85. The van der Waals surface area contributed by atoms with Gasteiger partial charge in [0.15, 0.2) is 0 Å². The van der Waals surface area contributed by atoms with E-state index in [1.54, 1.807) is 6.07 Å². The summed E-state index contributed by atoms with van der Waals surface area (Å²) in [7, 11) is 0. The molecule has 14 heavy (non-hydrogen) atoms. The van der Waals surface area contributed by atoms with Crippen molar-refractivity contribution in [3.63, 3.8) is 0 Å². The first-order valence-corrected chi connectivity index (χ1v) is 4.30. The first-order valence-electron chi connectivity index (χ1n) is 4.30. The largest absolute Gasteiger partial charge is 0.258 e. The fourth-order valence-electron chi connectivity index (χ4n) is 1.21. The standard InChI is InChI=1S/C11H11N3/c1-11(2,3)10-9(6-13)4-8(5-12)7-14-10/h4,7H,1-3H3. The van der Waals surface area contributed by atoms with Gasteiger partial charge in [-0.1, -0.05) is 20.8 Å². The predicted molar refractivity (Wildman–Crippen MR) is 52.4 cm³/mol. The molecular weight excluding hydrogens is 174 g/mol. The summed E-state index contributed by atoms with van der Waals surface area (Å²) in [6.07, 6.45) is 1.50. The predicted octanol–water partition coefficient (Wildman–Crippen LogP) is 2.12. The molecule has 1 heterocycles. The number of rotatable bonds is 0. The van der Waals surface area contributed by atoms with Gasteiger partial charge in [0.05, 0.1) is 16.8 Å². The van der Waals surface area contributed by atoms with E-state index in [2.05, 4.69) is 11.1 Å². The Balaban J connectivity index is 3.37. The van der Waals surface area contributed by atoms with Crippen molar-refractivity contribution in [1.82, 2.24) is 4.98 Å². The quantitative estimate of drug-likeness (QED) is 0.622. The summed E-state index contributed by atoms with van der Waals surface area (Å²) in [5, 5.41) is 17.6. The third kappa shape index (κ3) is 1.89. The van der Waals surface area contributed by atoms with Crippen LogP contribution in [0.15, 0.2) is 12.3 Å². The van der Waals surface area contributed by atoms with Crippen LogP contribution in [-0.2, 0) is 5.41 Å². The van der Waals surface area contributed by atoms with Crippen LogP contribution in [0.4, 0.5) is 0 Å². The fraction of sp³-hybridized carbons (Fsp3) is 0.364. The van der Waals surface area contributed by atoms with Crippen LogP contribution in [-0.4, -0.2) is 4.98 Å². The molecule has 0 amide bonds. The lowest BCUT2D eigenvalue weighted by molar-refractivity contribution is 0.567. The fourth-order valence-corrected chi connectivity index (χ4v) is 1.21. The van der Waals surface area contributed by atoms with Gasteiger partial charge < -0.3 is 0 Å². The Bertz CT molecular complexity index is 427. The van der Waals surface area contributed by atoms with Gasteiger partial charge in [-0.25, -0.2) is 0 Å². The molecule has 1 rings (SSSR count). The Labute approximate surface area is 83.6 Å². The molecule has 0 bridgehead atoms. The topological polar surface area (TPSA) is 60.5 Å². The minimum Gasteiger partial charge on any atom is -0.258 e. The smallest absolute Gasteiger partial charge is 0.101 e. The highest BCUT2D eigenvalue weighted by Crippen LogP contribution is 2.23. The lowest BCUT2D eigenvalue weighted by Gasteiger charge is -2.18. The van der Waals surface area contributed by atoms with Crippen LogP contribution in [0, 0.1) is 22.7 Å². The molecule has 0 aliphatic rings. The molecule has 0 fully saturated rings. The summed E-state index contributed by atoms with van der Waals surface area (Å²) in [5.74, 6) is 0. The van der Waals surface area contributed by atoms with E-state index in [0.717, 1.165) is 5.69 Å². The Hall–Kier alpha value is -1.87. The van der Waals surface area contributed by atoms with Gasteiger partial charge in [0.2, 0.25) is 0 Å². The van der Waals surface area contributed by atoms with Crippen molar-refractivity contribution >= 4 is 0 Å². The number of hydrogen-bond donors (Lipinski definition) is 0. The molecule has 0 saturated carbocycles. The van der Waals surface area contributed by atoms with E-state index in [4.69, 9.17) is 10.5 Å². The highest BCUT2D eigenvalue weighted by molar-refractivity contribution is 5.42. The Morgan fingerprint density at radius 3 is 2.29 bits per heavy atom. The van der Waals surface area contributed by atoms with Crippen LogP contribution in [0.1, 0.15) is 37.6 Å². The van der Waals surface area contributed by atoms with Crippen LogP contribution in [0.5, 0.6) is 0 Å². The van der Waals surface area contributed by atoms with Gasteiger partial charge >= 0.3 is 0 Å². The van der Waals surface area contributed by atoms with Crippen molar-refractivity contribution in [3.8, 4) is 12.1 Å². The number of nitriles is 2.